The Kier molecular flexibility index (Phi) is 11.6. The van der Waals surface area contributed by atoms with Gasteiger partial charge in [-0.2, -0.15) is 10.2 Å². The van der Waals surface area contributed by atoms with Gasteiger partial charge in [-0.1, -0.05) is 103 Å². The topological polar surface area (TPSA) is 34.0 Å². The van der Waals surface area contributed by atoms with Gasteiger partial charge in [-0.05, 0) is 55.5 Å². The predicted octanol–water partition coefficient (Wildman–Crippen LogP) is 10.3. The first-order chi connectivity index (χ1) is 15.8. The molecule has 0 aliphatic carbocycles. The zero-order valence-corrected chi connectivity index (χ0v) is 22.0. The molecule has 0 amide bonds. The number of unbranched alkanes of at least 4 members (excludes halogenated alkanes) is 9. The molecule has 0 saturated heterocycles. The van der Waals surface area contributed by atoms with Gasteiger partial charge < -0.3 is 4.74 Å². The van der Waals surface area contributed by atoms with Gasteiger partial charge in [0.15, 0.2) is 0 Å². The average Bonchev–Trinajstić information content (AvgIpc) is 2.77. The van der Waals surface area contributed by atoms with E-state index in [-0.39, 0.29) is 5.41 Å². The summed E-state index contributed by atoms with van der Waals surface area (Å²) in [4.78, 5) is 0. The second-order valence-electron chi connectivity index (χ2n) is 10.5. The van der Waals surface area contributed by atoms with Crippen molar-refractivity contribution in [3.63, 3.8) is 0 Å². The van der Waals surface area contributed by atoms with Crippen LogP contribution in [0.2, 0.25) is 0 Å². The number of ether oxygens (including phenoxy) is 1. The molecule has 3 heteroatoms. The third-order valence-electron chi connectivity index (χ3n) is 6.13. The van der Waals surface area contributed by atoms with Crippen molar-refractivity contribution >= 4 is 11.4 Å². The number of nitrogens with zero attached hydrogens (tertiary/aromatic N) is 2. The summed E-state index contributed by atoms with van der Waals surface area (Å²) in [6.45, 7) is 14.0. The van der Waals surface area contributed by atoms with Gasteiger partial charge in [0, 0.05) is 5.56 Å². The molecule has 0 aliphatic heterocycles. The van der Waals surface area contributed by atoms with Crippen LogP contribution in [0.4, 0.5) is 11.4 Å². The second kappa shape index (κ2) is 14.2. The van der Waals surface area contributed by atoms with Crippen molar-refractivity contribution in [1.82, 2.24) is 0 Å². The number of azo groups is 1. The number of rotatable bonds is 14. The highest BCUT2D eigenvalue weighted by molar-refractivity contribution is 5.55. The Balaban J connectivity index is 1.88. The van der Waals surface area contributed by atoms with Crippen molar-refractivity contribution in [3.05, 3.63) is 53.1 Å². The Morgan fingerprint density at radius 3 is 1.82 bits per heavy atom. The molecule has 0 aliphatic rings. The maximum absolute atomic E-state index is 6.33. The molecular weight excluding hydrogens is 404 g/mol. The number of benzene rings is 2. The molecule has 182 valence electrons. The van der Waals surface area contributed by atoms with E-state index >= 15 is 0 Å². The highest BCUT2D eigenvalue weighted by Crippen LogP contribution is 2.38. The summed E-state index contributed by atoms with van der Waals surface area (Å²) >= 11 is 0. The molecule has 2 aromatic rings. The molecule has 0 saturated carbocycles. The van der Waals surface area contributed by atoms with Crippen LogP contribution in [0.5, 0.6) is 5.75 Å². The van der Waals surface area contributed by atoms with Crippen molar-refractivity contribution in [1.29, 1.82) is 0 Å². The lowest BCUT2D eigenvalue weighted by Gasteiger charge is -2.24. The number of aryl methyl sites for hydroxylation is 2. The molecule has 0 N–H and O–H groups in total. The molecule has 33 heavy (non-hydrogen) atoms. The molecule has 2 aromatic carbocycles. The molecule has 0 radical (unpaired) electrons. The molecule has 0 bridgehead atoms. The fraction of sp³-hybridized carbons (Fsp3) is 0.600. The van der Waals surface area contributed by atoms with Crippen LogP contribution < -0.4 is 4.74 Å². The minimum absolute atomic E-state index is 0.0206. The Hall–Kier alpha value is -2.16. The van der Waals surface area contributed by atoms with E-state index in [1.165, 1.54) is 68.9 Å². The van der Waals surface area contributed by atoms with Crippen molar-refractivity contribution in [2.75, 3.05) is 6.61 Å². The zero-order chi connectivity index (χ0) is 24.1. The van der Waals surface area contributed by atoms with Gasteiger partial charge in [-0.25, -0.2) is 0 Å². The fourth-order valence-corrected chi connectivity index (χ4v) is 4.05. The quantitative estimate of drug-likeness (QED) is 0.208. The van der Waals surface area contributed by atoms with E-state index < -0.39 is 0 Å². The summed E-state index contributed by atoms with van der Waals surface area (Å²) in [5.41, 5.74) is 5.29. The van der Waals surface area contributed by atoms with Crippen LogP contribution in [-0.2, 0) is 5.41 Å². The van der Waals surface area contributed by atoms with Crippen LogP contribution in [0, 0.1) is 13.8 Å². The lowest BCUT2D eigenvalue weighted by atomic mass is 9.85. The van der Waals surface area contributed by atoms with Gasteiger partial charge in [-0.15, -0.1) is 0 Å². The van der Waals surface area contributed by atoms with Crippen LogP contribution in [0.25, 0.3) is 0 Å². The second-order valence-corrected chi connectivity index (χ2v) is 10.5. The lowest BCUT2D eigenvalue weighted by Crippen LogP contribution is -2.14. The first-order valence-electron chi connectivity index (χ1n) is 13.1. The van der Waals surface area contributed by atoms with Crippen LogP contribution in [0.1, 0.15) is 109 Å². The standard InChI is InChI=1S/C30H46N2O/c1-7-8-9-10-11-12-13-14-15-16-21-33-29-25(3)22-27(23-28(29)30(4,5)6)32-31-26-19-17-24(2)18-20-26/h17-20,22-23H,7-16,21H2,1-6H3. The van der Waals surface area contributed by atoms with Gasteiger partial charge in [0.05, 0.1) is 18.0 Å². The predicted molar refractivity (Wildman–Crippen MR) is 143 cm³/mol. The molecule has 0 aromatic heterocycles. The van der Waals surface area contributed by atoms with Crippen LogP contribution >= 0.6 is 0 Å². The molecule has 2 rings (SSSR count). The fourth-order valence-electron chi connectivity index (χ4n) is 4.05. The summed E-state index contributed by atoms with van der Waals surface area (Å²) in [5.74, 6) is 1.02. The lowest BCUT2D eigenvalue weighted by molar-refractivity contribution is 0.294. The smallest absolute Gasteiger partial charge is 0.126 e. The Labute approximate surface area is 203 Å². The molecule has 0 spiro atoms. The Bertz CT molecular complexity index is 847. The molecule has 0 unspecified atom stereocenters. The summed E-state index contributed by atoms with van der Waals surface area (Å²) in [6, 6.07) is 12.3. The Morgan fingerprint density at radius 2 is 1.24 bits per heavy atom. The average molecular weight is 451 g/mol. The van der Waals surface area contributed by atoms with Crippen LogP contribution in [0.15, 0.2) is 46.6 Å². The van der Waals surface area contributed by atoms with E-state index in [4.69, 9.17) is 4.74 Å². The van der Waals surface area contributed by atoms with E-state index in [0.717, 1.165) is 35.7 Å². The maximum Gasteiger partial charge on any atom is 0.126 e. The van der Waals surface area contributed by atoms with Gasteiger partial charge in [-0.3, -0.25) is 0 Å². The third-order valence-corrected chi connectivity index (χ3v) is 6.13. The SMILES string of the molecule is CCCCCCCCCCCCOc1c(C)cc(N=Nc2ccc(C)cc2)cc1C(C)(C)C. The first kappa shape index (κ1) is 27.1. The summed E-state index contributed by atoms with van der Waals surface area (Å²) in [5, 5.41) is 8.94. The first-order valence-corrected chi connectivity index (χ1v) is 13.1. The summed E-state index contributed by atoms with van der Waals surface area (Å²) in [7, 11) is 0. The van der Waals surface area contributed by atoms with Crippen LogP contribution in [-0.4, -0.2) is 6.61 Å². The minimum atomic E-state index is -0.0206. The van der Waals surface area contributed by atoms with Gasteiger partial charge in [0.2, 0.25) is 0 Å². The molecular formula is C30H46N2O. The Morgan fingerprint density at radius 1 is 0.697 bits per heavy atom. The molecule has 0 atom stereocenters. The molecule has 0 fully saturated rings. The monoisotopic (exact) mass is 450 g/mol. The number of hydrogen-bond donors (Lipinski definition) is 0. The molecule has 0 heterocycles. The maximum atomic E-state index is 6.33. The van der Waals surface area contributed by atoms with Crippen molar-refractivity contribution in [2.45, 2.75) is 111 Å². The van der Waals surface area contributed by atoms with Gasteiger partial charge >= 0.3 is 0 Å². The third kappa shape index (κ3) is 10.1. The number of hydrogen-bond acceptors (Lipinski definition) is 3. The minimum Gasteiger partial charge on any atom is -0.493 e. The zero-order valence-electron chi connectivity index (χ0n) is 22.0. The van der Waals surface area contributed by atoms with E-state index in [9.17, 15) is 0 Å². The van der Waals surface area contributed by atoms with Crippen molar-refractivity contribution in [3.8, 4) is 5.75 Å². The largest absolute Gasteiger partial charge is 0.493 e. The van der Waals surface area contributed by atoms with E-state index in [0.29, 0.717) is 0 Å². The summed E-state index contributed by atoms with van der Waals surface area (Å²) in [6.07, 6.45) is 13.4. The van der Waals surface area contributed by atoms with E-state index in [1.807, 2.05) is 12.1 Å². The van der Waals surface area contributed by atoms with Crippen molar-refractivity contribution < 1.29 is 4.74 Å². The van der Waals surface area contributed by atoms with E-state index in [1.54, 1.807) is 0 Å². The summed E-state index contributed by atoms with van der Waals surface area (Å²) < 4.78 is 6.33. The highest BCUT2D eigenvalue weighted by Gasteiger charge is 2.21. The van der Waals surface area contributed by atoms with Crippen LogP contribution in [0.3, 0.4) is 0 Å². The van der Waals surface area contributed by atoms with E-state index in [2.05, 4.69) is 76.0 Å². The molecule has 3 nitrogen and oxygen atoms in total. The highest BCUT2D eigenvalue weighted by atomic mass is 16.5. The normalized spacial score (nSPS) is 11.9. The van der Waals surface area contributed by atoms with Gasteiger partial charge in [0.1, 0.15) is 5.75 Å². The van der Waals surface area contributed by atoms with Crippen molar-refractivity contribution in [2.24, 2.45) is 10.2 Å². The van der Waals surface area contributed by atoms with Gasteiger partial charge in [0.25, 0.3) is 0 Å².